The molecule has 0 fully saturated rings. The first-order valence-corrected chi connectivity index (χ1v) is 5.04. The van der Waals surface area contributed by atoms with E-state index in [0.717, 1.165) is 11.3 Å². The molecule has 0 unspecified atom stereocenters. The van der Waals surface area contributed by atoms with E-state index in [-0.39, 0.29) is 11.3 Å². The molecule has 2 aromatic rings. The number of H-pyrrole nitrogens is 1. The second-order valence-electron chi connectivity index (χ2n) is 3.88. The van der Waals surface area contributed by atoms with E-state index >= 15 is 0 Å². The van der Waals surface area contributed by atoms with Crippen molar-refractivity contribution in [1.29, 1.82) is 0 Å². The van der Waals surface area contributed by atoms with Gasteiger partial charge >= 0.3 is 0 Å². The van der Waals surface area contributed by atoms with Gasteiger partial charge in [0.05, 0.1) is 5.56 Å². The van der Waals surface area contributed by atoms with Gasteiger partial charge in [0.25, 0.3) is 0 Å². The number of aromatic amines is 1. The summed E-state index contributed by atoms with van der Waals surface area (Å²) in [7, 11) is 0. The second kappa shape index (κ2) is 3.93. The number of ketones is 1. The normalized spacial score (nSPS) is 10.4. The van der Waals surface area contributed by atoms with Gasteiger partial charge in [-0.3, -0.25) is 4.79 Å². The first-order chi connectivity index (χ1) is 7.58. The van der Waals surface area contributed by atoms with Gasteiger partial charge in [-0.25, -0.2) is 4.39 Å². The van der Waals surface area contributed by atoms with Gasteiger partial charge in [0.15, 0.2) is 5.78 Å². The molecule has 16 heavy (non-hydrogen) atoms. The minimum atomic E-state index is -0.477. The van der Waals surface area contributed by atoms with Crippen LogP contribution in [0.15, 0.2) is 30.5 Å². The number of hydrogen-bond acceptors (Lipinski definition) is 1. The molecule has 1 aromatic carbocycles. The van der Waals surface area contributed by atoms with Crippen LogP contribution >= 0.6 is 0 Å². The molecular weight excluding hydrogens is 205 g/mol. The maximum atomic E-state index is 13.5. The predicted molar refractivity (Wildman–Crippen MR) is 60.1 cm³/mol. The van der Waals surface area contributed by atoms with Crippen molar-refractivity contribution < 1.29 is 9.18 Å². The average molecular weight is 217 g/mol. The van der Waals surface area contributed by atoms with Crippen molar-refractivity contribution in [2.75, 3.05) is 0 Å². The number of halogens is 1. The molecule has 0 radical (unpaired) electrons. The Hall–Kier alpha value is -1.90. The highest BCUT2D eigenvalue weighted by Crippen LogP contribution is 2.15. The van der Waals surface area contributed by atoms with Crippen molar-refractivity contribution in [3.63, 3.8) is 0 Å². The number of rotatable bonds is 2. The van der Waals surface area contributed by atoms with Gasteiger partial charge in [0.2, 0.25) is 0 Å². The zero-order valence-corrected chi connectivity index (χ0v) is 9.17. The third kappa shape index (κ3) is 1.89. The van der Waals surface area contributed by atoms with Gasteiger partial charge in [-0.05, 0) is 32.0 Å². The van der Waals surface area contributed by atoms with Crippen LogP contribution in [0.3, 0.4) is 0 Å². The average Bonchev–Trinajstić information content (AvgIpc) is 2.67. The van der Waals surface area contributed by atoms with E-state index < -0.39 is 5.82 Å². The van der Waals surface area contributed by atoms with E-state index in [1.54, 1.807) is 24.4 Å². The van der Waals surface area contributed by atoms with E-state index in [4.69, 9.17) is 0 Å². The first-order valence-electron chi connectivity index (χ1n) is 5.04. The number of carbonyl (C=O) groups excluding carboxylic acids is 1. The molecule has 0 atom stereocenters. The molecule has 0 spiro atoms. The number of carbonyl (C=O) groups is 1. The van der Waals surface area contributed by atoms with Gasteiger partial charge in [-0.1, -0.05) is 11.6 Å². The van der Waals surface area contributed by atoms with Crippen LogP contribution in [0, 0.1) is 19.7 Å². The Morgan fingerprint density at radius 2 is 2.00 bits per heavy atom. The molecule has 0 saturated heterocycles. The van der Waals surface area contributed by atoms with Crippen molar-refractivity contribution in [3.05, 3.63) is 58.7 Å². The molecular formula is C13H12FNO. The van der Waals surface area contributed by atoms with Crippen molar-refractivity contribution in [3.8, 4) is 0 Å². The number of aromatic nitrogens is 1. The Kier molecular flexibility index (Phi) is 2.60. The van der Waals surface area contributed by atoms with Gasteiger partial charge in [-0.2, -0.15) is 0 Å². The van der Waals surface area contributed by atoms with Crippen LogP contribution in [0.5, 0.6) is 0 Å². The van der Waals surface area contributed by atoms with Crippen LogP contribution in [0.4, 0.5) is 4.39 Å². The van der Waals surface area contributed by atoms with Gasteiger partial charge in [-0.15, -0.1) is 0 Å². The first kappa shape index (κ1) is 10.6. The molecule has 82 valence electrons. The SMILES string of the molecule is Cc1ccc(F)c(C(=O)c2c[nH]c(C)c2)c1. The van der Waals surface area contributed by atoms with Crippen molar-refractivity contribution in [2.45, 2.75) is 13.8 Å². The van der Waals surface area contributed by atoms with Crippen molar-refractivity contribution in [1.82, 2.24) is 4.98 Å². The molecule has 0 saturated carbocycles. The molecule has 1 aromatic heterocycles. The third-order valence-electron chi connectivity index (χ3n) is 2.46. The van der Waals surface area contributed by atoms with E-state index in [1.807, 2.05) is 13.8 Å². The van der Waals surface area contributed by atoms with Crippen molar-refractivity contribution >= 4 is 5.78 Å². The van der Waals surface area contributed by atoms with Crippen LogP contribution < -0.4 is 0 Å². The Bertz CT molecular complexity index is 543. The predicted octanol–water partition coefficient (Wildman–Crippen LogP) is 3.00. The van der Waals surface area contributed by atoms with Crippen LogP contribution in [-0.4, -0.2) is 10.8 Å². The van der Waals surface area contributed by atoms with E-state index in [9.17, 15) is 9.18 Å². The van der Waals surface area contributed by atoms with Crippen LogP contribution in [0.25, 0.3) is 0 Å². The summed E-state index contributed by atoms with van der Waals surface area (Å²) in [5.41, 5.74) is 2.37. The minimum Gasteiger partial charge on any atom is -0.364 e. The summed E-state index contributed by atoms with van der Waals surface area (Å²) in [5, 5.41) is 0. The maximum Gasteiger partial charge on any atom is 0.197 e. The lowest BCUT2D eigenvalue weighted by molar-refractivity contribution is 0.103. The van der Waals surface area contributed by atoms with Gasteiger partial charge in [0, 0.05) is 17.5 Å². The van der Waals surface area contributed by atoms with Gasteiger partial charge < -0.3 is 4.98 Å². The Balaban J connectivity index is 2.45. The summed E-state index contributed by atoms with van der Waals surface area (Å²) >= 11 is 0. The molecule has 2 nitrogen and oxygen atoms in total. The fourth-order valence-corrected chi connectivity index (χ4v) is 1.61. The minimum absolute atomic E-state index is 0.124. The fraction of sp³-hybridized carbons (Fsp3) is 0.154. The zero-order valence-electron chi connectivity index (χ0n) is 9.17. The number of aryl methyl sites for hydroxylation is 2. The Morgan fingerprint density at radius 3 is 2.62 bits per heavy atom. The van der Waals surface area contributed by atoms with E-state index in [0.29, 0.717) is 5.56 Å². The molecule has 0 aliphatic carbocycles. The van der Waals surface area contributed by atoms with E-state index in [1.165, 1.54) is 6.07 Å². The molecule has 0 aliphatic rings. The fourth-order valence-electron chi connectivity index (χ4n) is 1.61. The smallest absolute Gasteiger partial charge is 0.197 e. The lowest BCUT2D eigenvalue weighted by Crippen LogP contribution is -2.03. The maximum absolute atomic E-state index is 13.5. The summed E-state index contributed by atoms with van der Waals surface area (Å²) in [6, 6.07) is 6.25. The molecule has 0 bridgehead atoms. The second-order valence-corrected chi connectivity index (χ2v) is 3.88. The standard InChI is InChI=1S/C13H12FNO/c1-8-3-4-12(14)11(5-8)13(16)10-6-9(2)15-7-10/h3-7,15H,1-2H3. The Morgan fingerprint density at radius 1 is 1.25 bits per heavy atom. The summed E-state index contributed by atoms with van der Waals surface area (Å²) in [4.78, 5) is 14.9. The van der Waals surface area contributed by atoms with Crippen LogP contribution in [-0.2, 0) is 0 Å². The molecule has 0 amide bonds. The molecule has 0 aliphatic heterocycles. The summed E-state index contributed by atoms with van der Waals surface area (Å²) < 4.78 is 13.5. The lowest BCUT2D eigenvalue weighted by atomic mass is 10.0. The zero-order chi connectivity index (χ0) is 11.7. The summed E-state index contributed by atoms with van der Waals surface area (Å²) in [6.45, 7) is 3.68. The highest BCUT2D eigenvalue weighted by atomic mass is 19.1. The van der Waals surface area contributed by atoms with Crippen LogP contribution in [0.2, 0.25) is 0 Å². The number of nitrogens with one attached hydrogen (secondary N) is 1. The summed E-state index contributed by atoms with van der Waals surface area (Å²) in [6.07, 6.45) is 1.60. The molecule has 1 heterocycles. The molecule has 1 N–H and O–H groups in total. The molecule has 2 rings (SSSR count). The van der Waals surface area contributed by atoms with Crippen molar-refractivity contribution in [2.24, 2.45) is 0 Å². The third-order valence-corrected chi connectivity index (χ3v) is 2.46. The Labute approximate surface area is 93.1 Å². The summed E-state index contributed by atoms with van der Waals surface area (Å²) in [5.74, 6) is -0.764. The monoisotopic (exact) mass is 217 g/mol. The highest BCUT2D eigenvalue weighted by Gasteiger charge is 2.14. The molecule has 3 heteroatoms. The van der Waals surface area contributed by atoms with Crippen LogP contribution in [0.1, 0.15) is 27.2 Å². The number of benzene rings is 1. The van der Waals surface area contributed by atoms with E-state index in [2.05, 4.69) is 4.98 Å². The topological polar surface area (TPSA) is 32.9 Å². The number of hydrogen-bond donors (Lipinski definition) is 1. The van der Waals surface area contributed by atoms with Gasteiger partial charge in [0.1, 0.15) is 5.82 Å². The highest BCUT2D eigenvalue weighted by molar-refractivity contribution is 6.09. The largest absolute Gasteiger partial charge is 0.364 e. The quantitative estimate of drug-likeness (QED) is 0.770. The lowest BCUT2D eigenvalue weighted by Gasteiger charge is -2.01.